The number of alkyl halides is 1. The molecule has 2 aliphatic heterocycles. The summed E-state index contributed by atoms with van der Waals surface area (Å²) >= 11 is 0. The van der Waals surface area contributed by atoms with E-state index < -0.39 is 0 Å². The Bertz CT molecular complexity index is 167. The van der Waals surface area contributed by atoms with Crippen LogP contribution in [0.25, 0.3) is 0 Å². The standard InChI is InChI=1S/C8H16FN2P/c9-4-8-5-10-3-1-2-7(10)6-11(8)12/h7-8H,1-6,12H2. The van der Waals surface area contributed by atoms with Crippen LogP contribution in [0, 0.1) is 0 Å². The smallest absolute Gasteiger partial charge is 0.106 e. The van der Waals surface area contributed by atoms with Crippen molar-refractivity contribution >= 4 is 9.39 Å². The summed E-state index contributed by atoms with van der Waals surface area (Å²) < 4.78 is 14.6. The molecular weight excluding hydrogens is 174 g/mol. The van der Waals surface area contributed by atoms with Crippen molar-refractivity contribution in [3.8, 4) is 0 Å². The van der Waals surface area contributed by atoms with Gasteiger partial charge in [-0.3, -0.25) is 9.57 Å². The molecule has 3 unspecified atom stereocenters. The van der Waals surface area contributed by atoms with E-state index in [0.29, 0.717) is 6.04 Å². The second kappa shape index (κ2) is 3.57. The van der Waals surface area contributed by atoms with E-state index in [1.807, 2.05) is 0 Å². The molecule has 2 aliphatic rings. The Morgan fingerprint density at radius 1 is 1.42 bits per heavy atom. The van der Waals surface area contributed by atoms with Gasteiger partial charge in [0.25, 0.3) is 0 Å². The summed E-state index contributed by atoms with van der Waals surface area (Å²) in [6.45, 7) is 2.91. The van der Waals surface area contributed by atoms with Crippen LogP contribution >= 0.6 is 9.39 Å². The van der Waals surface area contributed by atoms with Crippen LogP contribution in [-0.2, 0) is 0 Å². The van der Waals surface area contributed by atoms with Crippen molar-refractivity contribution < 1.29 is 4.39 Å². The Kier molecular flexibility index (Phi) is 2.63. The summed E-state index contributed by atoms with van der Waals surface area (Å²) in [4.78, 5) is 2.44. The fourth-order valence-electron chi connectivity index (χ4n) is 2.25. The normalized spacial score (nSPS) is 38.5. The molecule has 0 N–H and O–H groups in total. The number of piperazine rings is 1. The highest BCUT2D eigenvalue weighted by atomic mass is 31.0. The van der Waals surface area contributed by atoms with E-state index >= 15 is 0 Å². The van der Waals surface area contributed by atoms with E-state index in [-0.39, 0.29) is 12.7 Å². The quantitative estimate of drug-likeness (QED) is 0.567. The molecule has 0 bridgehead atoms. The van der Waals surface area contributed by atoms with Crippen LogP contribution in [0.5, 0.6) is 0 Å². The third kappa shape index (κ3) is 1.50. The molecule has 0 saturated carbocycles. The molecule has 2 heterocycles. The third-order valence-electron chi connectivity index (χ3n) is 3.01. The second-order valence-electron chi connectivity index (χ2n) is 3.80. The summed E-state index contributed by atoms with van der Waals surface area (Å²) in [5.41, 5.74) is 0. The summed E-state index contributed by atoms with van der Waals surface area (Å²) in [7, 11) is 2.65. The highest BCUT2D eigenvalue weighted by molar-refractivity contribution is 7.13. The third-order valence-corrected chi connectivity index (χ3v) is 3.65. The number of fused-ring (bicyclic) bond motifs is 1. The van der Waals surface area contributed by atoms with Gasteiger partial charge < -0.3 is 0 Å². The second-order valence-corrected chi connectivity index (χ2v) is 4.46. The van der Waals surface area contributed by atoms with E-state index in [1.54, 1.807) is 0 Å². The van der Waals surface area contributed by atoms with Crippen LogP contribution < -0.4 is 0 Å². The van der Waals surface area contributed by atoms with Crippen LogP contribution in [0.1, 0.15) is 12.8 Å². The van der Waals surface area contributed by atoms with Crippen molar-refractivity contribution in [2.24, 2.45) is 0 Å². The number of nitrogens with zero attached hydrogens (tertiary/aromatic N) is 2. The largest absolute Gasteiger partial charge is 0.297 e. The minimum Gasteiger partial charge on any atom is -0.297 e. The molecular formula is C8H16FN2P. The fraction of sp³-hybridized carbons (Fsp3) is 1.00. The Morgan fingerprint density at radius 3 is 3.00 bits per heavy atom. The maximum atomic E-state index is 12.5. The van der Waals surface area contributed by atoms with E-state index in [2.05, 4.69) is 19.0 Å². The molecule has 2 fully saturated rings. The highest BCUT2D eigenvalue weighted by Crippen LogP contribution is 2.26. The maximum Gasteiger partial charge on any atom is 0.106 e. The van der Waals surface area contributed by atoms with Crippen molar-refractivity contribution in [1.82, 2.24) is 9.57 Å². The van der Waals surface area contributed by atoms with Gasteiger partial charge in [-0.15, -0.1) is 0 Å². The zero-order valence-corrected chi connectivity index (χ0v) is 8.40. The van der Waals surface area contributed by atoms with Gasteiger partial charge in [0, 0.05) is 19.1 Å². The molecule has 2 saturated heterocycles. The molecule has 0 radical (unpaired) electrons. The van der Waals surface area contributed by atoms with Crippen molar-refractivity contribution in [1.29, 1.82) is 0 Å². The van der Waals surface area contributed by atoms with Gasteiger partial charge in [-0.1, -0.05) is 9.39 Å². The van der Waals surface area contributed by atoms with E-state index in [4.69, 9.17) is 0 Å². The Labute approximate surface area is 75.4 Å². The first-order valence-electron chi connectivity index (χ1n) is 4.62. The van der Waals surface area contributed by atoms with Crippen molar-refractivity contribution in [2.75, 3.05) is 26.3 Å². The molecule has 2 nitrogen and oxygen atoms in total. The molecule has 0 spiro atoms. The Morgan fingerprint density at radius 2 is 2.25 bits per heavy atom. The predicted molar refractivity (Wildman–Crippen MR) is 50.8 cm³/mol. The molecule has 0 aromatic carbocycles. The molecule has 0 aliphatic carbocycles. The van der Waals surface area contributed by atoms with Crippen molar-refractivity contribution in [3.63, 3.8) is 0 Å². The number of hydrogen-bond acceptors (Lipinski definition) is 2. The molecule has 0 aromatic rings. The SMILES string of the molecule is FCC1CN2CCCC2CN1P. The van der Waals surface area contributed by atoms with Gasteiger partial charge in [0.2, 0.25) is 0 Å². The monoisotopic (exact) mass is 190 g/mol. The lowest BCUT2D eigenvalue weighted by molar-refractivity contribution is 0.101. The van der Waals surface area contributed by atoms with Crippen LogP contribution in [0.15, 0.2) is 0 Å². The highest BCUT2D eigenvalue weighted by Gasteiger charge is 2.34. The van der Waals surface area contributed by atoms with Gasteiger partial charge in [-0.2, -0.15) is 0 Å². The average Bonchev–Trinajstić information content (AvgIpc) is 2.49. The predicted octanol–water partition coefficient (Wildman–Crippen LogP) is 0.895. The molecule has 12 heavy (non-hydrogen) atoms. The van der Waals surface area contributed by atoms with Gasteiger partial charge in [0.05, 0.1) is 6.04 Å². The van der Waals surface area contributed by atoms with Gasteiger partial charge in [-0.25, -0.2) is 4.39 Å². The first-order valence-corrected chi connectivity index (χ1v) is 5.14. The van der Waals surface area contributed by atoms with E-state index in [1.165, 1.54) is 19.4 Å². The molecule has 2 rings (SSSR count). The Balaban J connectivity index is 1.98. The molecule has 3 atom stereocenters. The number of halogens is 1. The molecule has 4 heteroatoms. The maximum absolute atomic E-state index is 12.5. The lowest BCUT2D eigenvalue weighted by Crippen LogP contribution is -2.53. The summed E-state index contributed by atoms with van der Waals surface area (Å²) in [5.74, 6) is 0. The van der Waals surface area contributed by atoms with Crippen LogP contribution in [0.3, 0.4) is 0 Å². The Hall–Kier alpha value is 0.280. The van der Waals surface area contributed by atoms with Crippen molar-refractivity contribution in [3.05, 3.63) is 0 Å². The minimum absolute atomic E-state index is 0.115. The minimum atomic E-state index is -0.216. The molecule has 0 aromatic heterocycles. The van der Waals surface area contributed by atoms with Gasteiger partial charge in [-0.05, 0) is 19.4 Å². The van der Waals surface area contributed by atoms with Gasteiger partial charge in [0.15, 0.2) is 0 Å². The van der Waals surface area contributed by atoms with Gasteiger partial charge >= 0.3 is 0 Å². The van der Waals surface area contributed by atoms with Crippen LogP contribution in [0.2, 0.25) is 0 Å². The molecule has 70 valence electrons. The average molecular weight is 190 g/mol. The molecule has 0 amide bonds. The first kappa shape index (κ1) is 8.86. The van der Waals surface area contributed by atoms with Crippen LogP contribution in [-0.4, -0.2) is 48.0 Å². The summed E-state index contributed by atoms with van der Waals surface area (Å²) in [6.07, 6.45) is 2.59. The van der Waals surface area contributed by atoms with E-state index in [9.17, 15) is 4.39 Å². The zero-order chi connectivity index (χ0) is 8.55. The fourth-order valence-corrected chi connectivity index (χ4v) is 2.67. The summed E-state index contributed by atoms with van der Waals surface area (Å²) in [6, 6.07) is 0.814. The summed E-state index contributed by atoms with van der Waals surface area (Å²) in [5, 5.41) is 0. The lowest BCUT2D eigenvalue weighted by Gasteiger charge is -2.40. The van der Waals surface area contributed by atoms with E-state index in [0.717, 1.165) is 13.1 Å². The first-order chi connectivity index (χ1) is 5.81. The number of hydrogen-bond donors (Lipinski definition) is 0. The van der Waals surface area contributed by atoms with Crippen LogP contribution in [0.4, 0.5) is 4.39 Å². The zero-order valence-electron chi connectivity index (χ0n) is 7.25. The number of rotatable bonds is 1. The van der Waals surface area contributed by atoms with Crippen molar-refractivity contribution in [2.45, 2.75) is 24.9 Å². The lowest BCUT2D eigenvalue weighted by atomic mass is 10.1. The topological polar surface area (TPSA) is 6.48 Å². The van der Waals surface area contributed by atoms with Gasteiger partial charge in [0.1, 0.15) is 6.67 Å².